The zero-order valence-electron chi connectivity index (χ0n) is 17.4. The molecule has 0 unspecified atom stereocenters. The number of hydrogen-bond acceptors (Lipinski definition) is 6. The van der Waals surface area contributed by atoms with Crippen molar-refractivity contribution in [1.29, 1.82) is 0 Å². The summed E-state index contributed by atoms with van der Waals surface area (Å²) in [5.41, 5.74) is 0.727. The minimum absolute atomic E-state index is 0.00661. The topological polar surface area (TPSA) is 95.7 Å². The van der Waals surface area contributed by atoms with Gasteiger partial charge in [0.1, 0.15) is 0 Å². The molecule has 0 heterocycles. The van der Waals surface area contributed by atoms with Crippen LogP contribution in [0.4, 0.5) is 5.69 Å². The lowest BCUT2D eigenvalue weighted by Crippen LogP contribution is -2.12. The molecule has 1 aromatic carbocycles. The third-order valence-corrected chi connectivity index (χ3v) is 4.57. The molecule has 0 saturated heterocycles. The van der Waals surface area contributed by atoms with Gasteiger partial charge in [-0.3, -0.25) is 19.7 Å². The Morgan fingerprint density at radius 1 is 0.897 bits per heavy atom. The molecule has 0 fully saturated rings. The van der Waals surface area contributed by atoms with Crippen molar-refractivity contribution in [3.8, 4) is 0 Å². The number of non-ortho nitro benzene ring substituents is 1. The van der Waals surface area contributed by atoms with Crippen LogP contribution in [0.5, 0.6) is 0 Å². The van der Waals surface area contributed by atoms with Crippen molar-refractivity contribution in [1.82, 2.24) is 0 Å². The predicted octanol–water partition coefficient (Wildman–Crippen LogP) is 5.14. The minimum atomic E-state index is -0.473. The molecule has 1 rings (SSSR count). The molecule has 1 aromatic rings. The van der Waals surface area contributed by atoms with E-state index in [0.717, 1.165) is 24.8 Å². The Bertz CT molecular complexity index is 631. The van der Waals surface area contributed by atoms with E-state index in [-0.39, 0.29) is 31.1 Å². The Balaban J connectivity index is 2.03. The average molecular weight is 408 g/mol. The zero-order valence-corrected chi connectivity index (χ0v) is 17.4. The summed E-state index contributed by atoms with van der Waals surface area (Å²) in [5, 5.41) is 10.7. The maximum Gasteiger partial charge on any atom is 0.306 e. The van der Waals surface area contributed by atoms with Crippen LogP contribution < -0.4 is 0 Å². The van der Waals surface area contributed by atoms with E-state index in [9.17, 15) is 19.7 Å². The summed E-state index contributed by atoms with van der Waals surface area (Å²) < 4.78 is 10.2. The number of hydrogen-bond donors (Lipinski definition) is 0. The van der Waals surface area contributed by atoms with E-state index >= 15 is 0 Å². The summed E-state index contributed by atoms with van der Waals surface area (Å²) in [7, 11) is 0. The number of nitro groups is 1. The van der Waals surface area contributed by atoms with Gasteiger partial charge >= 0.3 is 11.9 Å². The smallest absolute Gasteiger partial charge is 0.306 e. The summed E-state index contributed by atoms with van der Waals surface area (Å²) in [6.45, 7) is 2.72. The van der Waals surface area contributed by atoms with Crippen LogP contribution in [0, 0.1) is 10.1 Å². The molecule has 0 N–H and O–H groups in total. The lowest BCUT2D eigenvalue weighted by atomic mass is 10.1. The van der Waals surface area contributed by atoms with E-state index in [0.29, 0.717) is 13.0 Å². The van der Waals surface area contributed by atoms with Gasteiger partial charge in [0.2, 0.25) is 0 Å². The Labute approximate surface area is 172 Å². The van der Waals surface area contributed by atoms with E-state index in [1.54, 1.807) is 12.1 Å². The number of ether oxygens (including phenoxy) is 2. The van der Waals surface area contributed by atoms with Crippen molar-refractivity contribution in [2.24, 2.45) is 0 Å². The van der Waals surface area contributed by atoms with Crippen molar-refractivity contribution in [3.63, 3.8) is 0 Å². The molecule has 0 aliphatic rings. The molecule has 0 saturated carbocycles. The van der Waals surface area contributed by atoms with Crippen LogP contribution in [0.1, 0.15) is 76.7 Å². The normalized spacial score (nSPS) is 10.5. The van der Waals surface area contributed by atoms with Gasteiger partial charge < -0.3 is 9.47 Å². The van der Waals surface area contributed by atoms with Crippen molar-refractivity contribution in [2.45, 2.75) is 77.6 Å². The van der Waals surface area contributed by atoms with E-state index in [1.807, 2.05) is 0 Å². The number of benzene rings is 1. The van der Waals surface area contributed by atoms with Gasteiger partial charge in [0, 0.05) is 18.6 Å². The first-order valence-electron chi connectivity index (χ1n) is 10.6. The third-order valence-electron chi connectivity index (χ3n) is 4.57. The van der Waals surface area contributed by atoms with Crippen LogP contribution in [0.25, 0.3) is 0 Å². The summed E-state index contributed by atoms with van der Waals surface area (Å²) >= 11 is 0. The molecule has 0 radical (unpaired) electrons. The Morgan fingerprint density at radius 2 is 1.48 bits per heavy atom. The van der Waals surface area contributed by atoms with Gasteiger partial charge in [-0.2, -0.15) is 0 Å². The molecule has 0 atom stereocenters. The zero-order chi connectivity index (χ0) is 21.3. The summed E-state index contributed by atoms with van der Waals surface area (Å²) in [6, 6.07) is 6.20. The second-order valence-corrected chi connectivity index (χ2v) is 7.09. The van der Waals surface area contributed by atoms with Crippen molar-refractivity contribution >= 4 is 17.6 Å². The van der Waals surface area contributed by atoms with E-state index < -0.39 is 10.9 Å². The van der Waals surface area contributed by atoms with Gasteiger partial charge in [-0.1, -0.05) is 64.0 Å². The second-order valence-electron chi connectivity index (χ2n) is 7.09. The van der Waals surface area contributed by atoms with E-state index in [4.69, 9.17) is 9.47 Å². The molecule has 29 heavy (non-hydrogen) atoms. The fourth-order valence-electron chi connectivity index (χ4n) is 2.88. The van der Waals surface area contributed by atoms with Gasteiger partial charge in [-0.05, 0) is 12.0 Å². The highest BCUT2D eigenvalue weighted by Gasteiger charge is 2.10. The first-order valence-corrected chi connectivity index (χ1v) is 10.6. The number of unbranched alkanes of at least 4 members (excludes halogenated alkanes) is 7. The highest BCUT2D eigenvalue weighted by Crippen LogP contribution is 2.13. The fourth-order valence-corrected chi connectivity index (χ4v) is 2.88. The molecule has 162 valence electrons. The third kappa shape index (κ3) is 12.6. The molecule has 0 aliphatic carbocycles. The monoisotopic (exact) mass is 407 g/mol. The second kappa shape index (κ2) is 15.5. The fraction of sp³-hybridized carbons (Fsp3) is 0.636. The number of nitrogens with zero attached hydrogens (tertiary/aromatic N) is 1. The number of nitro benzene ring substituents is 1. The Kier molecular flexibility index (Phi) is 13.1. The lowest BCUT2D eigenvalue weighted by Gasteiger charge is -2.06. The van der Waals surface area contributed by atoms with Crippen LogP contribution in [0.2, 0.25) is 0 Å². The highest BCUT2D eigenvalue weighted by atomic mass is 16.6. The molecule has 7 nitrogen and oxygen atoms in total. The van der Waals surface area contributed by atoms with Gasteiger partial charge in [0.15, 0.2) is 0 Å². The van der Waals surface area contributed by atoms with Gasteiger partial charge in [0.05, 0.1) is 31.0 Å². The molecule has 0 aromatic heterocycles. The standard InChI is InChI=1S/C22H33NO6/c1-2-3-4-5-6-7-8-9-16-28-21(24)13-14-22(25)29-17-15-19-11-10-12-20(18-19)23(26)27/h10-12,18H,2-9,13-17H2,1H3. The minimum Gasteiger partial charge on any atom is -0.466 e. The molecule has 7 heteroatoms. The van der Waals surface area contributed by atoms with Gasteiger partial charge in [0.25, 0.3) is 5.69 Å². The number of esters is 2. The number of rotatable bonds is 16. The Morgan fingerprint density at radius 3 is 2.10 bits per heavy atom. The summed E-state index contributed by atoms with van der Waals surface area (Å²) in [6.07, 6.45) is 9.80. The quantitative estimate of drug-likeness (QED) is 0.163. The summed E-state index contributed by atoms with van der Waals surface area (Å²) in [4.78, 5) is 33.6. The van der Waals surface area contributed by atoms with Crippen LogP contribution in [0.3, 0.4) is 0 Å². The number of carbonyl (C=O) groups is 2. The molecular formula is C22H33NO6. The summed E-state index contributed by atoms with van der Waals surface area (Å²) in [5.74, 6) is -0.858. The highest BCUT2D eigenvalue weighted by molar-refractivity contribution is 5.77. The van der Waals surface area contributed by atoms with Crippen LogP contribution in [0.15, 0.2) is 24.3 Å². The Hall–Kier alpha value is -2.44. The maximum absolute atomic E-state index is 11.7. The molecule has 0 bridgehead atoms. The first kappa shape index (κ1) is 24.6. The predicted molar refractivity (Wildman–Crippen MR) is 111 cm³/mol. The van der Waals surface area contributed by atoms with Crippen LogP contribution in [-0.4, -0.2) is 30.1 Å². The molecule has 0 aliphatic heterocycles. The van der Waals surface area contributed by atoms with Crippen LogP contribution in [-0.2, 0) is 25.5 Å². The largest absolute Gasteiger partial charge is 0.466 e. The van der Waals surface area contributed by atoms with Crippen molar-refractivity contribution in [2.75, 3.05) is 13.2 Å². The van der Waals surface area contributed by atoms with Gasteiger partial charge in [-0.25, -0.2) is 0 Å². The average Bonchev–Trinajstić information content (AvgIpc) is 2.71. The van der Waals surface area contributed by atoms with E-state index in [1.165, 1.54) is 44.2 Å². The van der Waals surface area contributed by atoms with Gasteiger partial charge in [-0.15, -0.1) is 0 Å². The molecular weight excluding hydrogens is 374 g/mol. The first-order chi connectivity index (χ1) is 14.0. The lowest BCUT2D eigenvalue weighted by molar-refractivity contribution is -0.384. The maximum atomic E-state index is 11.7. The van der Waals surface area contributed by atoms with Crippen LogP contribution >= 0.6 is 0 Å². The number of carbonyl (C=O) groups excluding carboxylic acids is 2. The molecule has 0 spiro atoms. The van der Waals surface area contributed by atoms with E-state index in [2.05, 4.69) is 6.92 Å². The molecule has 0 amide bonds. The van der Waals surface area contributed by atoms with Crippen molar-refractivity contribution in [3.05, 3.63) is 39.9 Å². The SMILES string of the molecule is CCCCCCCCCCOC(=O)CCC(=O)OCCc1cccc([N+](=O)[O-])c1. The van der Waals surface area contributed by atoms with Crippen molar-refractivity contribution < 1.29 is 24.0 Å².